The van der Waals surface area contributed by atoms with Crippen molar-refractivity contribution in [2.75, 3.05) is 7.11 Å². The zero-order valence-electron chi connectivity index (χ0n) is 13.6. The highest BCUT2D eigenvalue weighted by Gasteiger charge is 2.21. The van der Waals surface area contributed by atoms with Crippen molar-refractivity contribution < 1.29 is 9.53 Å². The summed E-state index contributed by atoms with van der Waals surface area (Å²) in [5, 5.41) is 7.48. The molecule has 2 aliphatic heterocycles. The van der Waals surface area contributed by atoms with Gasteiger partial charge in [0.25, 0.3) is 5.56 Å². The number of esters is 1. The third-order valence-electron chi connectivity index (χ3n) is 4.33. The first-order valence-corrected chi connectivity index (χ1v) is 7.89. The molecule has 0 atom stereocenters. The summed E-state index contributed by atoms with van der Waals surface area (Å²) in [7, 11) is 1.31. The summed E-state index contributed by atoms with van der Waals surface area (Å²) in [5.74, 6) is -0.516. The number of fused-ring (bicyclic) bond motifs is 2. The number of para-hydroxylation sites is 1. The maximum atomic E-state index is 12.0. The van der Waals surface area contributed by atoms with Gasteiger partial charge in [0, 0.05) is 36.0 Å². The number of carbonyl (C=O) groups is 1. The van der Waals surface area contributed by atoms with Gasteiger partial charge in [-0.15, -0.1) is 0 Å². The van der Waals surface area contributed by atoms with Gasteiger partial charge in [-0.25, -0.2) is 9.89 Å². The molecule has 0 saturated carbocycles. The summed E-state index contributed by atoms with van der Waals surface area (Å²) in [6, 6.07) is 8.09. The monoisotopic (exact) mass is 336 g/mol. The number of aryl methyl sites for hydroxylation is 2. The van der Waals surface area contributed by atoms with Gasteiger partial charge in [0.2, 0.25) is 0 Å². The van der Waals surface area contributed by atoms with E-state index < -0.39 is 5.97 Å². The molecule has 126 valence electrons. The lowest BCUT2D eigenvalue weighted by molar-refractivity contribution is 0.0600. The summed E-state index contributed by atoms with van der Waals surface area (Å²) in [6.07, 6.45) is 6.13. The number of H-pyrrole nitrogens is 2. The number of nitrogens with zero attached hydrogens (tertiary/aromatic N) is 2. The highest BCUT2D eigenvalue weighted by Crippen LogP contribution is 2.22. The summed E-state index contributed by atoms with van der Waals surface area (Å²) in [5.41, 5.74) is 2.93. The van der Waals surface area contributed by atoms with E-state index in [1.807, 2.05) is 29.0 Å². The van der Waals surface area contributed by atoms with E-state index in [0.29, 0.717) is 17.8 Å². The Morgan fingerprint density at radius 3 is 2.96 bits per heavy atom. The van der Waals surface area contributed by atoms with Crippen molar-refractivity contribution in [3.05, 3.63) is 64.3 Å². The fourth-order valence-electron chi connectivity index (χ4n) is 3.07. The van der Waals surface area contributed by atoms with Crippen LogP contribution in [0, 0.1) is 0 Å². The second kappa shape index (κ2) is 5.94. The minimum atomic E-state index is -0.516. The van der Waals surface area contributed by atoms with Gasteiger partial charge in [0.05, 0.1) is 12.7 Å². The molecular weight excluding hydrogens is 320 g/mol. The number of carbonyl (C=O) groups excluding carboxylic acids is 1. The van der Waals surface area contributed by atoms with E-state index in [2.05, 4.69) is 21.2 Å². The second-order valence-corrected chi connectivity index (χ2v) is 5.83. The van der Waals surface area contributed by atoms with Crippen LogP contribution in [0.25, 0.3) is 22.2 Å². The maximum Gasteiger partial charge on any atom is 0.341 e. The fourth-order valence-corrected chi connectivity index (χ4v) is 3.07. The van der Waals surface area contributed by atoms with Crippen LogP contribution in [0.15, 0.2) is 47.7 Å². The van der Waals surface area contributed by atoms with Gasteiger partial charge < -0.3 is 14.3 Å². The first-order valence-electron chi connectivity index (χ1n) is 7.89. The average Bonchev–Trinajstić information content (AvgIpc) is 3.23. The van der Waals surface area contributed by atoms with E-state index in [0.717, 1.165) is 11.9 Å². The molecule has 2 aliphatic rings. The standard InChI is InChI=1S/C18H16N4O3/c1-25-18(24)14-10-22(9-13-16(14)20-21-17(13)23)7-6-11-8-19-15-5-3-2-4-12(11)15/h2-5,8-10,19H,6-7H2,1H3,(H,21,23). The lowest BCUT2D eigenvalue weighted by Gasteiger charge is -2.11. The van der Waals surface area contributed by atoms with Gasteiger partial charge >= 0.3 is 5.97 Å². The van der Waals surface area contributed by atoms with Crippen LogP contribution < -0.4 is 5.56 Å². The third kappa shape index (κ3) is 2.59. The van der Waals surface area contributed by atoms with Crippen LogP contribution in [0.2, 0.25) is 0 Å². The third-order valence-corrected chi connectivity index (χ3v) is 4.33. The van der Waals surface area contributed by atoms with Crippen molar-refractivity contribution >= 4 is 16.9 Å². The van der Waals surface area contributed by atoms with E-state index in [4.69, 9.17) is 4.74 Å². The van der Waals surface area contributed by atoms with E-state index in [1.165, 1.54) is 18.1 Å². The van der Waals surface area contributed by atoms with Gasteiger partial charge in [-0.3, -0.25) is 4.79 Å². The summed E-state index contributed by atoms with van der Waals surface area (Å²) in [4.78, 5) is 27.2. The van der Waals surface area contributed by atoms with Gasteiger partial charge in [-0.1, -0.05) is 18.2 Å². The topological polar surface area (TPSA) is 92.8 Å². The van der Waals surface area contributed by atoms with Gasteiger partial charge in [0.15, 0.2) is 0 Å². The molecule has 1 aromatic carbocycles. The van der Waals surface area contributed by atoms with Crippen molar-refractivity contribution in [3.63, 3.8) is 0 Å². The maximum absolute atomic E-state index is 12.0. The SMILES string of the molecule is COC(=O)c1cn(CCc2c[nH]c3ccccc23)cc2c(=O)[nH]nc1-2. The first kappa shape index (κ1) is 15.2. The molecule has 0 unspecified atom stereocenters. The molecule has 0 saturated heterocycles. The van der Waals surface area contributed by atoms with Crippen LogP contribution >= 0.6 is 0 Å². The van der Waals surface area contributed by atoms with Gasteiger partial charge in [0.1, 0.15) is 11.3 Å². The number of benzene rings is 1. The van der Waals surface area contributed by atoms with Crippen LogP contribution in [0.3, 0.4) is 0 Å². The summed E-state index contributed by atoms with van der Waals surface area (Å²) in [6.45, 7) is 0.617. The van der Waals surface area contributed by atoms with Gasteiger partial charge in [-0.2, -0.15) is 5.10 Å². The van der Waals surface area contributed by atoms with Crippen molar-refractivity contribution in [1.82, 2.24) is 19.7 Å². The van der Waals surface area contributed by atoms with E-state index in [-0.39, 0.29) is 11.1 Å². The quantitative estimate of drug-likeness (QED) is 0.559. The van der Waals surface area contributed by atoms with Crippen LogP contribution in [0.5, 0.6) is 0 Å². The molecule has 0 aliphatic carbocycles. The van der Waals surface area contributed by atoms with Crippen LogP contribution in [0.1, 0.15) is 15.9 Å². The fraction of sp³-hybridized carbons (Fsp3) is 0.167. The molecule has 0 fully saturated rings. The Morgan fingerprint density at radius 1 is 1.28 bits per heavy atom. The smallest absolute Gasteiger partial charge is 0.341 e. The molecule has 2 N–H and O–H groups in total. The number of rotatable bonds is 4. The lowest BCUT2D eigenvalue weighted by Crippen LogP contribution is -2.12. The zero-order valence-corrected chi connectivity index (χ0v) is 13.6. The molecule has 0 bridgehead atoms. The predicted molar refractivity (Wildman–Crippen MR) is 92.8 cm³/mol. The molecule has 3 heterocycles. The predicted octanol–water partition coefficient (Wildman–Crippen LogP) is 2.19. The van der Waals surface area contributed by atoms with Gasteiger partial charge in [-0.05, 0) is 18.1 Å². The van der Waals surface area contributed by atoms with E-state index in [9.17, 15) is 9.59 Å². The normalized spacial score (nSPS) is 11.2. The number of hydrogen-bond acceptors (Lipinski definition) is 4. The first-order chi connectivity index (χ1) is 12.2. The van der Waals surface area contributed by atoms with Crippen molar-refractivity contribution in [2.45, 2.75) is 13.0 Å². The zero-order chi connectivity index (χ0) is 17.4. The Bertz CT molecular complexity index is 1090. The van der Waals surface area contributed by atoms with Crippen LogP contribution in [-0.4, -0.2) is 32.8 Å². The minimum absolute atomic E-state index is 0.275. The second-order valence-electron chi connectivity index (χ2n) is 5.83. The Morgan fingerprint density at radius 2 is 2.12 bits per heavy atom. The molecule has 2 aromatic rings. The Balaban J connectivity index is 1.69. The molecular formula is C18H16N4O3. The van der Waals surface area contributed by atoms with E-state index >= 15 is 0 Å². The van der Waals surface area contributed by atoms with E-state index in [1.54, 1.807) is 12.4 Å². The highest BCUT2D eigenvalue weighted by atomic mass is 16.5. The minimum Gasteiger partial charge on any atom is -0.465 e. The number of pyridine rings is 1. The van der Waals surface area contributed by atoms with Crippen LogP contribution in [0.4, 0.5) is 0 Å². The van der Waals surface area contributed by atoms with Crippen molar-refractivity contribution in [3.8, 4) is 11.3 Å². The van der Waals surface area contributed by atoms with Crippen molar-refractivity contribution in [2.24, 2.45) is 0 Å². The molecule has 0 radical (unpaired) electrons. The Kier molecular flexibility index (Phi) is 3.61. The molecule has 25 heavy (non-hydrogen) atoms. The number of ether oxygens (including phenoxy) is 1. The number of nitrogens with one attached hydrogen (secondary N) is 2. The number of aromatic amines is 2. The highest BCUT2D eigenvalue weighted by molar-refractivity contribution is 5.95. The number of aromatic nitrogens is 4. The van der Waals surface area contributed by atoms with Crippen molar-refractivity contribution in [1.29, 1.82) is 0 Å². The molecule has 7 heteroatoms. The van der Waals surface area contributed by atoms with Crippen LogP contribution in [-0.2, 0) is 17.7 Å². The molecule has 4 rings (SSSR count). The molecule has 0 amide bonds. The average molecular weight is 336 g/mol. The number of methoxy groups -OCH3 is 1. The summed E-state index contributed by atoms with van der Waals surface area (Å²) < 4.78 is 6.63. The summed E-state index contributed by atoms with van der Waals surface area (Å²) >= 11 is 0. The number of hydrogen-bond donors (Lipinski definition) is 2. The Hall–Kier alpha value is -3.35. The molecule has 7 nitrogen and oxygen atoms in total. The molecule has 0 spiro atoms. The molecule has 1 aromatic heterocycles. The Labute approximate surface area is 142 Å². The lowest BCUT2D eigenvalue weighted by atomic mass is 10.1. The largest absolute Gasteiger partial charge is 0.465 e.